The van der Waals surface area contributed by atoms with E-state index in [-0.39, 0.29) is 11.9 Å². The van der Waals surface area contributed by atoms with Gasteiger partial charge in [0.05, 0.1) is 6.10 Å². The molecule has 4 rings (SSSR count). The smallest absolute Gasteiger partial charge is 0.231 e. The lowest BCUT2D eigenvalue weighted by molar-refractivity contribution is 0.0982. The summed E-state index contributed by atoms with van der Waals surface area (Å²) in [6.45, 7) is 3.01. The first-order valence-corrected chi connectivity index (χ1v) is 9.39. The number of anilines is 1. The van der Waals surface area contributed by atoms with E-state index in [1.54, 1.807) is 19.2 Å². The van der Waals surface area contributed by atoms with Gasteiger partial charge in [-0.2, -0.15) is 0 Å². The van der Waals surface area contributed by atoms with Gasteiger partial charge in [0, 0.05) is 44.5 Å². The summed E-state index contributed by atoms with van der Waals surface area (Å²) in [5, 5.41) is 3.61. The van der Waals surface area contributed by atoms with Crippen molar-refractivity contribution in [1.82, 2.24) is 5.32 Å². The zero-order valence-corrected chi connectivity index (χ0v) is 15.5. The van der Waals surface area contributed by atoms with Crippen molar-refractivity contribution in [3.05, 3.63) is 53.8 Å². The number of benzene rings is 2. The molecule has 1 unspecified atom stereocenters. The summed E-state index contributed by atoms with van der Waals surface area (Å²) in [6, 6.07) is 13.1. The van der Waals surface area contributed by atoms with E-state index >= 15 is 0 Å². The van der Waals surface area contributed by atoms with Crippen molar-refractivity contribution in [2.45, 2.75) is 25.0 Å². The van der Waals surface area contributed by atoms with E-state index in [0.717, 1.165) is 49.5 Å². The number of hydrogen-bond donors (Lipinski definition) is 1. The van der Waals surface area contributed by atoms with E-state index < -0.39 is 0 Å². The number of methoxy groups -OCH3 is 1. The summed E-state index contributed by atoms with van der Waals surface area (Å²) < 4.78 is 29.5. The Hall–Kier alpha value is -2.31. The fourth-order valence-corrected chi connectivity index (χ4v) is 3.71. The van der Waals surface area contributed by atoms with Gasteiger partial charge in [-0.3, -0.25) is 0 Å². The summed E-state index contributed by atoms with van der Waals surface area (Å²) in [4.78, 5) is 2.38. The molecule has 0 bridgehead atoms. The lowest BCUT2D eigenvalue weighted by atomic mass is 10.0. The minimum atomic E-state index is -0.225. The Labute approximate surface area is 159 Å². The van der Waals surface area contributed by atoms with E-state index in [2.05, 4.69) is 22.3 Å². The number of halogens is 1. The molecule has 0 spiro atoms. The molecule has 6 heteroatoms. The highest BCUT2D eigenvalue weighted by atomic mass is 19.1. The van der Waals surface area contributed by atoms with Crippen molar-refractivity contribution in [1.29, 1.82) is 0 Å². The molecule has 1 N–H and O–H groups in total. The molecule has 2 aromatic carbocycles. The Bertz CT molecular complexity index is 761. The van der Waals surface area contributed by atoms with Crippen LogP contribution in [0.3, 0.4) is 0 Å². The first-order valence-electron chi connectivity index (χ1n) is 9.39. The molecule has 27 heavy (non-hydrogen) atoms. The lowest BCUT2D eigenvalue weighted by Crippen LogP contribution is -2.43. The number of hydrogen-bond acceptors (Lipinski definition) is 5. The minimum absolute atomic E-state index is 0.0718. The van der Waals surface area contributed by atoms with Gasteiger partial charge in [0.15, 0.2) is 11.5 Å². The number of piperidine rings is 1. The standard InChI is InChI=1S/C21H25FN2O3/c1-25-21(15-2-4-16(22)5-3-15)13-23-17-8-10-24(11-9-17)18-6-7-19-20(12-18)27-14-26-19/h2-7,12,17,21,23H,8-11,13-14H2,1H3. The molecule has 1 atom stereocenters. The Balaban J connectivity index is 1.28. The van der Waals surface area contributed by atoms with Crippen molar-refractivity contribution in [3.8, 4) is 11.5 Å². The zero-order chi connectivity index (χ0) is 18.6. The summed E-state index contributed by atoms with van der Waals surface area (Å²) in [5.41, 5.74) is 2.17. The van der Waals surface area contributed by atoms with Crippen LogP contribution in [0.1, 0.15) is 24.5 Å². The molecular formula is C21H25FN2O3. The summed E-state index contributed by atoms with van der Waals surface area (Å²) in [6.07, 6.45) is 2.06. The van der Waals surface area contributed by atoms with E-state index in [9.17, 15) is 4.39 Å². The van der Waals surface area contributed by atoms with Gasteiger partial charge in [-0.25, -0.2) is 4.39 Å². The minimum Gasteiger partial charge on any atom is -0.454 e. The molecule has 0 saturated carbocycles. The van der Waals surface area contributed by atoms with Crippen LogP contribution in [0.2, 0.25) is 0 Å². The molecule has 2 aliphatic heterocycles. The van der Waals surface area contributed by atoms with Crippen molar-refractivity contribution in [3.63, 3.8) is 0 Å². The number of nitrogens with one attached hydrogen (secondary N) is 1. The average Bonchev–Trinajstić information content (AvgIpc) is 3.18. The maximum atomic E-state index is 13.1. The molecule has 2 aliphatic rings. The van der Waals surface area contributed by atoms with E-state index in [1.807, 2.05) is 6.07 Å². The predicted octanol–water partition coefficient (Wildman–Crippen LogP) is 3.50. The van der Waals surface area contributed by atoms with E-state index in [0.29, 0.717) is 12.8 Å². The summed E-state index contributed by atoms with van der Waals surface area (Å²) in [5.74, 6) is 1.43. The maximum absolute atomic E-state index is 13.1. The second kappa shape index (κ2) is 8.15. The highest BCUT2D eigenvalue weighted by molar-refractivity contribution is 5.57. The highest BCUT2D eigenvalue weighted by Gasteiger charge is 2.22. The van der Waals surface area contributed by atoms with Crippen LogP contribution in [-0.2, 0) is 4.74 Å². The third-order valence-electron chi connectivity index (χ3n) is 5.33. The van der Waals surface area contributed by atoms with Crippen LogP contribution < -0.4 is 19.7 Å². The van der Waals surface area contributed by atoms with Gasteiger partial charge >= 0.3 is 0 Å². The predicted molar refractivity (Wildman–Crippen MR) is 102 cm³/mol. The molecule has 0 aromatic heterocycles. The monoisotopic (exact) mass is 372 g/mol. The molecule has 5 nitrogen and oxygen atoms in total. The quantitative estimate of drug-likeness (QED) is 0.841. The van der Waals surface area contributed by atoms with Gasteiger partial charge in [0.2, 0.25) is 6.79 Å². The van der Waals surface area contributed by atoms with Crippen LogP contribution >= 0.6 is 0 Å². The number of nitrogens with zero attached hydrogens (tertiary/aromatic N) is 1. The molecule has 144 valence electrons. The van der Waals surface area contributed by atoms with Crippen molar-refractivity contribution >= 4 is 5.69 Å². The summed E-state index contributed by atoms with van der Waals surface area (Å²) >= 11 is 0. The zero-order valence-electron chi connectivity index (χ0n) is 15.5. The number of fused-ring (bicyclic) bond motifs is 1. The van der Waals surface area contributed by atoms with Crippen molar-refractivity contribution < 1.29 is 18.6 Å². The van der Waals surface area contributed by atoms with Crippen LogP contribution in [0, 0.1) is 5.82 Å². The first-order chi connectivity index (χ1) is 13.2. The average molecular weight is 372 g/mol. The van der Waals surface area contributed by atoms with Crippen LogP contribution in [0.15, 0.2) is 42.5 Å². The Morgan fingerprint density at radius 3 is 2.59 bits per heavy atom. The third-order valence-corrected chi connectivity index (χ3v) is 5.33. The van der Waals surface area contributed by atoms with Crippen molar-refractivity contribution in [2.24, 2.45) is 0 Å². The van der Waals surface area contributed by atoms with E-state index in [1.165, 1.54) is 17.8 Å². The van der Waals surface area contributed by atoms with Crippen LogP contribution in [0.5, 0.6) is 11.5 Å². The van der Waals surface area contributed by atoms with Gasteiger partial charge in [-0.1, -0.05) is 12.1 Å². The fourth-order valence-electron chi connectivity index (χ4n) is 3.71. The first kappa shape index (κ1) is 18.1. The van der Waals surface area contributed by atoms with Gasteiger partial charge < -0.3 is 24.4 Å². The number of rotatable bonds is 6. The van der Waals surface area contributed by atoms with Gasteiger partial charge in [0.1, 0.15) is 5.82 Å². The van der Waals surface area contributed by atoms with Gasteiger partial charge in [0.25, 0.3) is 0 Å². The molecular weight excluding hydrogens is 347 g/mol. The fraction of sp³-hybridized carbons (Fsp3) is 0.429. The largest absolute Gasteiger partial charge is 0.454 e. The van der Waals surface area contributed by atoms with Crippen molar-refractivity contribution in [2.75, 3.05) is 38.4 Å². The molecule has 2 heterocycles. The van der Waals surface area contributed by atoms with Crippen LogP contribution in [0.4, 0.5) is 10.1 Å². The van der Waals surface area contributed by atoms with Crippen LogP contribution in [0.25, 0.3) is 0 Å². The van der Waals surface area contributed by atoms with Gasteiger partial charge in [-0.15, -0.1) is 0 Å². The molecule has 0 radical (unpaired) electrons. The maximum Gasteiger partial charge on any atom is 0.231 e. The molecule has 0 aliphatic carbocycles. The topological polar surface area (TPSA) is 43.0 Å². The Kier molecular flexibility index (Phi) is 5.45. The third kappa shape index (κ3) is 4.17. The SMILES string of the molecule is COC(CNC1CCN(c2ccc3c(c2)OCO3)CC1)c1ccc(F)cc1. The number of ether oxygens (including phenoxy) is 3. The molecule has 1 fully saturated rings. The molecule has 2 aromatic rings. The second-order valence-electron chi connectivity index (χ2n) is 6.98. The lowest BCUT2D eigenvalue weighted by Gasteiger charge is -2.34. The Morgan fingerprint density at radius 1 is 1.11 bits per heavy atom. The highest BCUT2D eigenvalue weighted by Crippen LogP contribution is 2.36. The van der Waals surface area contributed by atoms with Gasteiger partial charge in [-0.05, 0) is 42.7 Å². The Morgan fingerprint density at radius 2 is 1.85 bits per heavy atom. The molecule has 0 amide bonds. The van der Waals surface area contributed by atoms with Crippen LogP contribution in [-0.4, -0.2) is 39.6 Å². The van der Waals surface area contributed by atoms with E-state index in [4.69, 9.17) is 14.2 Å². The second-order valence-corrected chi connectivity index (χ2v) is 6.98. The normalized spacial score (nSPS) is 17.9. The summed E-state index contributed by atoms with van der Waals surface area (Å²) in [7, 11) is 1.69. The molecule has 1 saturated heterocycles.